The molecule has 0 rings (SSSR count). The van der Waals surface area contributed by atoms with Crippen LogP contribution in [0, 0.1) is 0 Å². The van der Waals surface area contributed by atoms with Crippen molar-refractivity contribution in [1.29, 1.82) is 0 Å². The SMILES string of the molecule is C=C(C)C(=O)O/C(C(=O)OCCCC)=C(\OC(=O)C(=C)C)C(O)CO. The molecule has 0 aromatic heterocycles. The molecule has 0 fully saturated rings. The Labute approximate surface area is 146 Å². The van der Waals surface area contributed by atoms with Gasteiger partial charge in [0.2, 0.25) is 0 Å². The first-order chi connectivity index (χ1) is 11.6. The van der Waals surface area contributed by atoms with Crippen molar-refractivity contribution in [3.05, 3.63) is 35.8 Å². The van der Waals surface area contributed by atoms with Crippen LogP contribution in [-0.4, -0.2) is 47.4 Å². The lowest BCUT2D eigenvalue weighted by Gasteiger charge is -2.17. The van der Waals surface area contributed by atoms with Crippen molar-refractivity contribution in [3.8, 4) is 0 Å². The summed E-state index contributed by atoms with van der Waals surface area (Å²) in [5.41, 5.74) is -0.0736. The molecule has 0 aromatic carbocycles. The fraction of sp³-hybridized carbons (Fsp3) is 0.471. The van der Waals surface area contributed by atoms with E-state index in [9.17, 15) is 19.5 Å². The van der Waals surface area contributed by atoms with Gasteiger partial charge in [0.25, 0.3) is 5.76 Å². The van der Waals surface area contributed by atoms with Crippen LogP contribution in [0.15, 0.2) is 35.8 Å². The van der Waals surface area contributed by atoms with Gasteiger partial charge < -0.3 is 24.4 Å². The molecule has 0 amide bonds. The van der Waals surface area contributed by atoms with Gasteiger partial charge in [0.1, 0.15) is 6.10 Å². The van der Waals surface area contributed by atoms with E-state index in [2.05, 4.69) is 13.2 Å². The van der Waals surface area contributed by atoms with Crippen molar-refractivity contribution >= 4 is 17.9 Å². The van der Waals surface area contributed by atoms with Gasteiger partial charge in [0.15, 0.2) is 5.76 Å². The third kappa shape index (κ3) is 7.77. The molecule has 25 heavy (non-hydrogen) atoms. The molecule has 8 nitrogen and oxygen atoms in total. The van der Waals surface area contributed by atoms with Crippen LogP contribution < -0.4 is 0 Å². The molecule has 8 heteroatoms. The number of carbonyl (C=O) groups is 3. The van der Waals surface area contributed by atoms with Crippen molar-refractivity contribution in [2.24, 2.45) is 0 Å². The Bertz CT molecular complexity index is 573. The standard InChI is InChI=1S/C17H24O8/c1-6-7-8-23-17(22)14(25-16(21)11(4)5)13(12(19)9-18)24-15(20)10(2)3/h12,18-19H,2,4,6-9H2,1,3,5H3/b14-13-. The molecule has 0 saturated carbocycles. The molecule has 0 aliphatic heterocycles. The monoisotopic (exact) mass is 356 g/mol. The maximum absolute atomic E-state index is 12.2. The lowest BCUT2D eigenvalue weighted by Crippen LogP contribution is -2.27. The van der Waals surface area contributed by atoms with E-state index in [4.69, 9.17) is 19.3 Å². The number of esters is 3. The summed E-state index contributed by atoms with van der Waals surface area (Å²) in [6.45, 7) is 10.4. The summed E-state index contributed by atoms with van der Waals surface area (Å²) in [4.78, 5) is 35.7. The van der Waals surface area contributed by atoms with Crippen LogP contribution in [0.4, 0.5) is 0 Å². The topological polar surface area (TPSA) is 119 Å². The second-order valence-corrected chi connectivity index (χ2v) is 5.22. The molecule has 0 aliphatic carbocycles. The summed E-state index contributed by atoms with van der Waals surface area (Å²) in [5, 5.41) is 19.0. The highest BCUT2D eigenvalue weighted by Crippen LogP contribution is 2.18. The third-order valence-corrected chi connectivity index (χ3v) is 2.71. The van der Waals surface area contributed by atoms with E-state index in [1.807, 2.05) is 6.92 Å². The van der Waals surface area contributed by atoms with Crippen molar-refractivity contribution in [2.75, 3.05) is 13.2 Å². The molecule has 2 N–H and O–H groups in total. The second-order valence-electron chi connectivity index (χ2n) is 5.22. The molecular weight excluding hydrogens is 332 g/mol. The second kappa shape index (κ2) is 11.2. The summed E-state index contributed by atoms with van der Waals surface area (Å²) in [7, 11) is 0. The molecule has 0 spiro atoms. The minimum Gasteiger partial charge on any atom is -0.460 e. The van der Waals surface area contributed by atoms with Crippen LogP contribution in [-0.2, 0) is 28.6 Å². The van der Waals surface area contributed by atoms with Gasteiger partial charge in [0.05, 0.1) is 13.2 Å². The van der Waals surface area contributed by atoms with Gasteiger partial charge >= 0.3 is 17.9 Å². The van der Waals surface area contributed by atoms with Gasteiger partial charge in [-0.15, -0.1) is 0 Å². The van der Waals surface area contributed by atoms with Crippen LogP contribution >= 0.6 is 0 Å². The molecule has 0 aromatic rings. The molecule has 140 valence electrons. The first-order valence-corrected chi connectivity index (χ1v) is 7.61. The van der Waals surface area contributed by atoms with Crippen molar-refractivity contribution in [2.45, 2.75) is 39.7 Å². The number of hydrogen-bond donors (Lipinski definition) is 2. The highest BCUT2D eigenvalue weighted by atomic mass is 16.6. The van der Waals surface area contributed by atoms with E-state index in [0.717, 1.165) is 6.42 Å². The smallest absolute Gasteiger partial charge is 0.378 e. The van der Waals surface area contributed by atoms with Crippen LogP contribution in [0.3, 0.4) is 0 Å². The Morgan fingerprint density at radius 3 is 1.96 bits per heavy atom. The number of carbonyl (C=O) groups excluding carboxylic acids is 3. The molecular formula is C17H24O8. The number of rotatable bonds is 10. The average Bonchev–Trinajstić information content (AvgIpc) is 2.56. The van der Waals surface area contributed by atoms with E-state index < -0.39 is 42.1 Å². The highest BCUT2D eigenvalue weighted by Gasteiger charge is 2.30. The predicted molar refractivity (Wildman–Crippen MR) is 87.8 cm³/mol. The maximum atomic E-state index is 12.2. The van der Waals surface area contributed by atoms with E-state index in [0.29, 0.717) is 6.42 Å². The van der Waals surface area contributed by atoms with Gasteiger partial charge in [0, 0.05) is 11.1 Å². The fourth-order valence-electron chi connectivity index (χ4n) is 1.28. The molecule has 1 unspecified atom stereocenters. The fourth-order valence-corrected chi connectivity index (χ4v) is 1.28. The van der Waals surface area contributed by atoms with Crippen LogP contribution in [0.25, 0.3) is 0 Å². The largest absolute Gasteiger partial charge is 0.460 e. The zero-order chi connectivity index (χ0) is 19.6. The normalized spacial score (nSPS) is 12.5. The Kier molecular flexibility index (Phi) is 10.1. The number of hydrogen-bond acceptors (Lipinski definition) is 8. The van der Waals surface area contributed by atoms with Crippen LogP contribution in [0.2, 0.25) is 0 Å². The Balaban J connectivity index is 5.88. The number of aliphatic hydroxyl groups excluding tert-OH is 2. The van der Waals surface area contributed by atoms with Gasteiger partial charge in [-0.25, -0.2) is 14.4 Å². The predicted octanol–water partition coefficient (Wildman–Crippen LogP) is 1.13. The Hall–Kier alpha value is -2.45. The summed E-state index contributed by atoms with van der Waals surface area (Å²) in [6, 6.07) is 0. The highest BCUT2D eigenvalue weighted by molar-refractivity contribution is 5.95. The van der Waals surface area contributed by atoms with E-state index >= 15 is 0 Å². The van der Waals surface area contributed by atoms with Crippen molar-refractivity contribution in [1.82, 2.24) is 0 Å². The summed E-state index contributed by atoms with van der Waals surface area (Å²) in [6.07, 6.45) is -0.499. The van der Waals surface area contributed by atoms with Crippen LogP contribution in [0.1, 0.15) is 33.6 Å². The molecule has 0 radical (unpaired) electrons. The summed E-state index contributed by atoms with van der Waals surface area (Å²) >= 11 is 0. The minimum absolute atomic E-state index is 0.0282. The lowest BCUT2D eigenvalue weighted by atomic mass is 10.2. The third-order valence-electron chi connectivity index (χ3n) is 2.71. The first kappa shape index (κ1) is 22.6. The van der Waals surface area contributed by atoms with E-state index in [1.54, 1.807) is 0 Å². The zero-order valence-corrected chi connectivity index (χ0v) is 14.7. The molecule has 0 bridgehead atoms. The van der Waals surface area contributed by atoms with E-state index in [1.165, 1.54) is 13.8 Å². The number of aliphatic hydroxyl groups is 2. The van der Waals surface area contributed by atoms with E-state index in [-0.39, 0.29) is 17.8 Å². The Morgan fingerprint density at radius 1 is 1.00 bits per heavy atom. The zero-order valence-electron chi connectivity index (χ0n) is 14.7. The summed E-state index contributed by atoms with van der Waals surface area (Å²) in [5.74, 6) is -4.67. The van der Waals surface area contributed by atoms with Crippen LogP contribution in [0.5, 0.6) is 0 Å². The van der Waals surface area contributed by atoms with Crippen molar-refractivity contribution < 1.29 is 38.8 Å². The van der Waals surface area contributed by atoms with Gasteiger partial charge in [-0.2, -0.15) is 0 Å². The van der Waals surface area contributed by atoms with Gasteiger partial charge in [-0.05, 0) is 20.3 Å². The minimum atomic E-state index is -1.80. The number of ether oxygens (including phenoxy) is 3. The molecule has 0 aliphatic rings. The van der Waals surface area contributed by atoms with Gasteiger partial charge in [-0.3, -0.25) is 0 Å². The first-order valence-electron chi connectivity index (χ1n) is 7.61. The summed E-state index contributed by atoms with van der Waals surface area (Å²) < 4.78 is 14.6. The maximum Gasteiger partial charge on any atom is 0.378 e. The quantitative estimate of drug-likeness (QED) is 0.197. The van der Waals surface area contributed by atoms with Gasteiger partial charge in [-0.1, -0.05) is 26.5 Å². The molecule has 0 saturated heterocycles. The molecule has 0 heterocycles. The average molecular weight is 356 g/mol. The molecule has 1 atom stereocenters. The number of unbranched alkanes of at least 4 members (excludes halogenated alkanes) is 1. The lowest BCUT2D eigenvalue weighted by molar-refractivity contribution is -0.152. The Morgan fingerprint density at radius 2 is 1.52 bits per heavy atom. The van der Waals surface area contributed by atoms with Crippen molar-refractivity contribution in [3.63, 3.8) is 0 Å².